The molecule has 1 aromatic heterocycles. The van der Waals surface area contributed by atoms with E-state index in [1.54, 1.807) is 36.5 Å². The number of carbonyl (C=O) groups excluding carboxylic acids is 5. The van der Waals surface area contributed by atoms with Crippen LogP contribution in [0.25, 0.3) is 21.7 Å². The Bertz CT molecular complexity index is 2270. The number of hydrogen-bond donors (Lipinski definition) is 9. The molecule has 0 aliphatic carbocycles. The van der Waals surface area contributed by atoms with Crippen molar-refractivity contribution in [3.05, 3.63) is 120 Å². The van der Waals surface area contributed by atoms with E-state index >= 15 is 0 Å². The highest BCUT2D eigenvalue weighted by atomic mass is 16.4. The summed E-state index contributed by atoms with van der Waals surface area (Å²) in [6.45, 7) is 3.33. The minimum absolute atomic E-state index is 0.00702. The first kappa shape index (κ1) is 44.5. The molecule has 5 aromatic rings. The van der Waals surface area contributed by atoms with Gasteiger partial charge in [-0.3, -0.25) is 24.0 Å². The van der Waals surface area contributed by atoms with E-state index in [1.165, 1.54) is 13.8 Å². The number of hydrogen-bond acceptors (Lipinski definition) is 8. The fraction of sp³-hybridized carbons (Fsp3) is 0.333. The fourth-order valence-electron chi connectivity index (χ4n) is 6.96. The van der Waals surface area contributed by atoms with Crippen molar-refractivity contribution in [2.75, 3.05) is 6.54 Å². The number of benzene rings is 4. The summed E-state index contributed by atoms with van der Waals surface area (Å²) in [6, 6.07) is 22.8. The number of fused-ring (bicyclic) bond motifs is 2. The Hall–Kier alpha value is -6.58. The maximum Gasteiger partial charge on any atom is 0.326 e. The quantitative estimate of drug-likeness (QED) is 0.0493. The number of aromatic amines is 1. The Morgan fingerprint density at radius 1 is 0.583 bits per heavy atom. The lowest BCUT2D eigenvalue weighted by atomic mass is 9.98. The number of carboxylic acids is 1. The Balaban J connectivity index is 1.38. The summed E-state index contributed by atoms with van der Waals surface area (Å²) in [7, 11) is 0. The van der Waals surface area contributed by atoms with E-state index < -0.39 is 71.8 Å². The standard InChI is InChI=1S/C45H54N8O7/c1-27(47)40(54)51-38(24-31-17-12-16-30-15-6-7-18-33(30)31)42(56)49-28(2)41(55)52-39(25-32-26-48-35-20-9-8-19-34(32)35)44(58)53-37(23-29-13-4-3-5-14-29)43(57)50-36(45(59)60)21-10-11-22-46/h3-9,12-20,26-28,36-39,48H,10-11,21-25,46-47H2,1-2H3,(H,49,56)(H,50,57)(H,51,54)(H,52,55)(H,53,58)(H,59,60)/t27-,28+,36+,37-,38+,39+/m1/s1. The molecule has 0 aliphatic heterocycles. The monoisotopic (exact) mass is 818 g/mol. The number of amides is 5. The summed E-state index contributed by atoms with van der Waals surface area (Å²) in [5.74, 6) is -4.55. The lowest BCUT2D eigenvalue weighted by molar-refractivity contribution is -0.142. The summed E-state index contributed by atoms with van der Waals surface area (Å²) in [5, 5.41) is 26.1. The predicted molar refractivity (Wildman–Crippen MR) is 229 cm³/mol. The highest BCUT2D eigenvalue weighted by Gasteiger charge is 2.32. The molecule has 0 unspecified atom stereocenters. The van der Waals surface area contributed by atoms with Crippen molar-refractivity contribution in [2.45, 2.75) is 88.6 Å². The normalized spacial score (nSPS) is 14.2. The minimum atomic E-state index is -1.26. The predicted octanol–water partition coefficient (Wildman–Crippen LogP) is 2.35. The van der Waals surface area contributed by atoms with Gasteiger partial charge in [-0.25, -0.2) is 4.79 Å². The van der Waals surface area contributed by atoms with Crippen molar-refractivity contribution in [1.82, 2.24) is 31.6 Å². The topological polar surface area (TPSA) is 251 Å². The van der Waals surface area contributed by atoms with Crippen LogP contribution in [0.1, 0.15) is 49.8 Å². The number of nitrogens with one attached hydrogen (secondary N) is 6. The van der Waals surface area contributed by atoms with E-state index in [0.29, 0.717) is 30.5 Å². The lowest BCUT2D eigenvalue weighted by Gasteiger charge is -2.26. The van der Waals surface area contributed by atoms with Crippen LogP contribution < -0.4 is 38.1 Å². The van der Waals surface area contributed by atoms with Crippen LogP contribution in [0.3, 0.4) is 0 Å². The molecule has 316 valence electrons. The number of aliphatic carboxylic acids is 1. The fourth-order valence-corrected chi connectivity index (χ4v) is 6.96. The third-order valence-electron chi connectivity index (χ3n) is 10.3. The van der Waals surface area contributed by atoms with Crippen molar-refractivity contribution >= 4 is 57.2 Å². The Kier molecular flexibility index (Phi) is 15.9. The second-order valence-corrected chi connectivity index (χ2v) is 15.0. The van der Waals surface area contributed by atoms with Gasteiger partial charge in [-0.15, -0.1) is 0 Å². The molecule has 0 radical (unpaired) electrons. The van der Waals surface area contributed by atoms with E-state index in [2.05, 4.69) is 31.6 Å². The maximum atomic E-state index is 14.3. The second kappa shape index (κ2) is 21.4. The van der Waals surface area contributed by atoms with Crippen LogP contribution in [-0.4, -0.2) is 88.4 Å². The highest BCUT2D eigenvalue weighted by molar-refractivity contribution is 5.97. The number of aromatic nitrogens is 1. The Labute approximate surface area is 348 Å². The molecule has 5 rings (SSSR count). The molecular weight excluding hydrogens is 765 g/mol. The van der Waals surface area contributed by atoms with E-state index in [-0.39, 0.29) is 25.7 Å². The number of unbranched alkanes of at least 4 members (excludes halogenated alkanes) is 1. The SMILES string of the molecule is C[C@H](NC(=O)[C@H](Cc1cccc2ccccc12)NC(=O)[C@@H](C)N)C(=O)N[C@@H](Cc1c[nH]c2ccccc12)C(=O)N[C@H](Cc1ccccc1)C(=O)N[C@@H](CCCCN)C(=O)O. The summed E-state index contributed by atoms with van der Waals surface area (Å²) in [5.41, 5.74) is 14.4. The average molecular weight is 819 g/mol. The van der Waals surface area contributed by atoms with Crippen molar-refractivity contribution in [3.63, 3.8) is 0 Å². The van der Waals surface area contributed by atoms with Gasteiger partial charge in [0.1, 0.15) is 30.2 Å². The summed E-state index contributed by atoms with van der Waals surface area (Å²) < 4.78 is 0. The van der Waals surface area contributed by atoms with Gasteiger partial charge in [-0.2, -0.15) is 0 Å². The van der Waals surface area contributed by atoms with Gasteiger partial charge in [-0.1, -0.05) is 91.0 Å². The van der Waals surface area contributed by atoms with E-state index in [1.807, 2.05) is 66.7 Å². The molecule has 15 nitrogen and oxygen atoms in total. The molecule has 0 fully saturated rings. The van der Waals surface area contributed by atoms with Gasteiger partial charge in [0, 0.05) is 36.4 Å². The van der Waals surface area contributed by atoms with Crippen LogP contribution in [0.5, 0.6) is 0 Å². The molecule has 0 aliphatic rings. The van der Waals surface area contributed by atoms with Gasteiger partial charge >= 0.3 is 5.97 Å². The third-order valence-corrected chi connectivity index (χ3v) is 10.3. The summed E-state index contributed by atoms with van der Waals surface area (Å²) >= 11 is 0. The smallest absolute Gasteiger partial charge is 0.326 e. The molecule has 1 heterocycles. The first-order valence-corrected chi connectivity index (χ1v) is 20.1. The van der Waals surface area contributed by atoms with Crippen LogP contribution in [0, 0.1) is 0 Å². The number of H-pyrrole nitrogens is 1. The maximum absolute atomic E-state index is 14.3. The van der Waals surface area contributed by atoms with Crippen LogP contribution in [-0.2, 0) is 48.0 Å². The second-order valence-electron chi connectivity index (χ2n) is 15.0. The zero-order valence-corrected chi connectivity index (χ0v) is 33.8. The lowest BCUT2D eigenvalue weighted by Crippen LogP contribution is -2.59. The molecule has 0 bridgehead atoms. The molecule has 4 aromatic carbocycles. The summed E-state index contributed by atoms with van der Waals surface area (Å²) in [4.78, 5) is 84.0. The first-order valence-electron chi connectivity index (χ1n) is 20.1. The van der Waals surface area contributed by atoms with E-state index in [0.717, 1.165) is 27.2 Å². The van der Waals surface area contributed by atoms with Crippen molar-refractivity contribution in [3.8, 4) is 0 Å². The van der Waals surface area contributed by atoms with Gasteiger partial charge in [0.25, 0.3) is 0 Å². The van der Waals surface area contributed by atoms with E-state index in [9.17, 15) is 33.9 Å². The average Bonchev–Trinajstić information content (AvgIpc) is 3.65. The van der Waals surface area contributed by atoms with Gasteiger partial charge in [0.2, 0.25) is 29.5 Å². The highest BCUT2D eigenvalue weighted by Crippen LogP contribution is 2.21. The van der Waals surface area contributed by atoms with E-state index in [4.69, 9.17) is 11.5 Å². The molecule has 60 heavy (non-hydrogen) atoms. The summed E-state index contributed by atoms with van der Waals surface area (Å²) in [6.07, 6.45) is 3.04. The van der Waals surface area contributed by atoms with Crippen LogP contribution in [0.2, 0.25) is 0 Å². The zero-order valence-electron chi connectivity index (χ0n) is 33.8. The first-order chi connectivity index (χ1) is 28.8. The Morgan fingerprint density at radius 2 is 1.13 bits per heavy atom. The number of carbonyl (C=O) groups is 6. The molecule has 0 saturated carbocycles. The van der Waals surface area contributed by atoms with Crippen molar-refractivity contribution in [1.29, 1.82) is 0 Å². The largest absolute Gasteiger partial charge is 0.480 e. The molecule has 15 heteroatoms. The van der Waals surface area contributed by atoms with Crippen molar-refractivity contribution < 1.29 is 33.9 Å². The number of carboxylic acid groups (broad SMARTS) is 1. The molecular formula is C45H54N8O7. The van der Waals surface area contributed by atoms with Crippen molar-refractivity contribution in [2.24, 2.45) is 11.5 Å². The van der Waals surface area contributed by atoms with Gasteiger partial charge in [0.05, 0.1) is 6.04 Å². The Morgan fingerprint density at radius 3 is 1.82 bits per heavy atom. The number of rotatable bonds is 21. The molecule has 5 amide bonds. The zero-order chi connectivity index (χ0) is 43.2. The molecule has 0 saturated heterocycles. The van der Waals surface area contributed by atoms with Crippen LogP contribution >= 0.6 is 0 Å². The molecule has 6 atom stereocenters. The number of nitrogens with two attached hydrogens (primary N) is 2. The minimum Gasteiger partial charge on any atom is -0.480 e. The number of para-hydroxylation sites is 1. The third kappa shape index (κ3) is 12.2. The van der Waals surface area contributed by atoms with Gasteiger partial charge < -0.3 is 48.1 Å². The van der Waals surface area contributed by atoms with Gasteiger partial charge in [0.15, 0.2) is 0 Å². The van der Waals surface area contributed by atoms with Gasteiger partial charge in [-0.05, 0) is 73.2 Å². The molecule has 0 spiro atoms. The van der Waals surface area contributed by atoms with Crippen LogP contribution in [0.15, 0.2) is 103 Å². The van der Waals surface area contributed by atoms with Crippen LogP contribution in [0.4, 0.5) is 0 Å². The molecule has 11 N–H and O–H groups in total.